The Hall–Kier alpha value is -8.80. The number of nitro benzene ring substituents is 1. The van der Waals surface area contributed by atoms with Crippen LogP contribution in [0.25, 0.3) is 10.8 Å². The molecule has 0 unspecified atom stereocenters. The SMILES string of the molecule is FC(F)(F)c1cc([B-](c2cc(C(F)(F)F)cc(C(F)(F)F)c2)(c2cc(C(F)(F)F)cc(C(F)(F)F)c2)c2cc(C(F)(F)F)cc(C(F)(F)F)c2)cc(C(F)(F)F)c1.O=C(Oc1cccc([N+](=O)[O-])c1)c1c2ccccc2cc[n+]1Cc1ccccc1. The van der Waals surface area contributed by atoms with Crippen molar-refractivity contribution in [3.05, 3.63) is 230 Å². The molecule has 7 aromatic carbocycles. The number of aromatic nitrogens is 1. The number of nitrogens with zero attached hydrogens (tertiary/aromatic N) is 2. The Balaban J connectivity index is 0.000000302. The molecular formula is C55H29BF24N2O4. The topological polar surface area (TPSA) is 73.3 Å². The number of hydrogen-bond acceptors (Lipinski definition) is 4. The minimum absolute atomic E-state index is 0.128. The summed E-state index contributed by atoms with van der Waals surface area (Å²) in [6.45, 7) is 0.491. The Morgan fingerprint density at radius 1 is 0.407 bits per heavy atom. The third-order valence-corrected chi connectivity index (χ3v) is 13.0. The van der Waals surface area contributed by atoms with E-state index in [9.17, 15) is 120 Å². The molecule has 8 aromatic rings. The molecule has 1 aromatic heterocycles. The van der Waals surface area contributed by atoms with Gasteiger partial charge in [0.15, 0.2) is 12.7 Å². The predicted molar refractivity (Wildman–Crippen MR) is 258 cm³/mol. The third kappa shape index (κ3) is 14.5. The summed E-state index contributed by atoms with van der Waals surface area (Å²) in [4.78, 5) is 23.6. The molecule has 0 fully saturated rings. The van der Waals surface area contributed by atoms with Gasteiger partial charge >= 0.3 is 55.4 Å². The lowest BCUT2D eigenvalue weighted by molar-refractivity contribution is -0.689. The average Bonchev–Trinajstić information content (AvgIpc) is 0.722. The number of carbonyl (C=O) groups excluding carboxylic acids is 1. The van der Waals surface area contributed by atoms with Gasteiger partial charge in [-0.05, 0) is 41.8 Å². The lowest BCUT2D eigenvalue weighted by Gasteiger charge is -2.46. The molecule has 0 aliphatic carbocycles. The average molecular weight is 1250 g/mol. The number of non-ortho nitro benzene ring substituents is 1. The number of nitro groups is 1. The number of benzene rings is 7. The summed E-state index contributed by atoms with van der Waals surface area (Å²) < 4.78 is 348. The summed E-state index contributed by atoms with van der Waals surface area (Å²) in [5, 5.41) is 12.7. The van der Waals surface area contributed by atoms with E-state index in [1.54, 1.807) is 0 Å². The monoisotopic (exact) mass is 1250 g/mol. The Kier molecular flexibility index (Phi) is 17.2. The van der Waals surface area contributed by atoms with Crippen LogP contribution in [0.4, 0.5) is 111 Å². The first-order valence-corrected chi connectivity index (χ1v) is 23.7. The van der Waals surface area contributed by atoms with Gasteiger partial charge in [0.2, 0.25) is 0 Å². The fourth-order valence-corrected chi connectivity index (χ4v) is 9.28. The molecule has 0 saturated carbocycles. The van der Waals surface area contributed by atoms with Gasteiger partial charge in [-0.15, -0.1) is 0 Å². The molecule has 86 heavy (non-hydrogen) atoms. The van der Waals surface area contributed by atoms with E-state index in [2.05, 4.69) is 0 Å². The molecule has 454 valence electrons. The van der Waals surface area contributed by atoms with Crippen molar-refractivity contribution >= 4 is 50.4 Å². The maximum Gasteiger partial charge on any atom is 0.416 e. The molecular weight excluding hydrogens is 1220 g/mol. The fourth-order valence-electron chi connectivity index (χ4n) is 9.28. The van der Waals surface area contributed by atoms with Crippen LogP contribution in [-0.4, -0.2) is 17.0 Å². The van der Waals surface area contributed by atoms with Crippen molar-refractivity contribution in [3.8, 4) is 5.75 Å². The summed E-state index contributed by atoms with van der Waals surface area (Å²) >= 11 is 0. The summed E-state index contributed by atoms with van der Waals surface area (Å²) in [6, 6.07) is 16.1. The van der Waals surface area contributed by atoms with Crippen molar-refractivity contribution in [3.63, 3.8) is 0 Å². The highest BCUT2D eigenvalue weighted by Crippen LogP contribution is 2.42. The summed E-state index contributed by atoms with van der Waals surface area (Å²) in [5.41, 5.74) is -28.9. The van der Waals surface area contributed by atoms with E-state index in [-0.39, 0.29) is 11.4 Å². The van der Waals surface area contributed by atoms with Gasteiger partial charge in [0.05, 0.1) is 60.9 Å². The molecule has 8 rings (SSSR count). The van der Waals surface area contributed by atoms with Crippen molar-refractivity contribution in [2.24, 2.45) is 0 Å². The molecule has 31 heteroatoms. The van der Waals surface area contributed by atoms with Gasteiger partial charge in [0.25, 0.3) is 11.4 Å². The zero-order valence-corrected chi connectivity index (χ0v) is 42.0. The number of esters is 1. The van der Waals surface area contributed by atoms with Crippen LogP contribution in [0, 0.1) is 10.1 Å². The van der Waals surface area contributed by atoms with Crippen LogP contribution in [0.5, 0.6) is 5.75 Å². The van der Waals surface area contributed by atoms with Crippen molar-refractivity contribution < 1.29 is 124 Å². The van der Waals surface area contributed by atoms with Gasteiger partial charge in [-0.3, -0.25) is 10.1 Å². The van der Waals surface area contributed by atoms with E-state index in [4.69, 9.17) is 4.74 Å². The van der Waals surface area contributed by atoms with Crippen LogP contribution in [0.3, 0.4) is 0 Å². The molecule has 0 saturated heterocycles. The minimum Gasteiger partial charge on any atom is -0.418 e. The maximum absolute atomic E-state index is 14.2. The molecule has 0 amide bonds. The molecule has 0 bridgehead atoms. The molecule has 0 spiro atoms. The minimum atomic E-state index is -6.13. The molecule has 0 N–H and O–H groups in total. The highest BCUT2D eigenvalue weighted by atomic mass is 19.4. The van der Waals surface area contributed by atoms with E-state index in [0.29, 0.717) is 12.2 Å². The Morgan fingerprint density at radius 3 is 1.06 bits per heavy atom. The molecule has 0 aliphatic rings. The number of hydrogen-bond donors (Lipinski definition) is 0. The summed E-state index contributed by atoms with van der Waals surface area (Å²) in [6.07, 6.45) is -53.0. The molecule has 0 atom stereocenters. The van der Waals surface area contributed by atoms with E-state index in [0.717, 1.165) is 16.3 Å². The van der Waals surface area contributed by atoms with Crippen LogP contribution in [0.15, 0.2) is 164 Å². The van der Waals surface area contributed by atoms with Gasteiger partial charge < -0.3 is 4.74 Å². The fraction of sp³-hybridized carbons (Fsp3) is 0.164. The number of halogens is 24. The number of carbonyl (C=O) groups is 1. The van der Waals surface area contributed by atoms with Crippen molar-refractivity contribution in [1.29, 1.82) is 0 Å². The van der Waals surface area contributed by atoms with Crippen molar-refractivity contribution in [2.75, 3.05) is 0 Å². The highest BCUT2D eigenvalue weighted by Gasteiger charge is 2.47. The van der Waals surface area contributed by atoms with Crippen molar-refractivity contribution in [2.45, 2.75) is 56.0 Å². The van der Waals surface area contributed by atoms with E-state index in [1.807, 2.05) is 71.4 Å². The van der Waals surface area contributed by atoms with Gasteiger partial charge in [-0.1, -0.05) is 103 Å². The second-order valence-electron chi connectivity index (χ2n) is 18.7. The zero-order valence-electron chi connectivity index (χ0n) is 42.0. The lowest BCUT2D eigenvalue weighted by atomic mass is 9.12. The largest absolute Gasteiger partial charge is 0.418 e. The van der Waals surface area contributed by atoms with Crippen LogP contribution < -0.4 is 31.2 Å². The summed E-state index contributed by atoms with van der Waals surface area (Å²) in [5.74, 6) is -0.443. The van der Waals surface area contributed by atoms with Gasteiger partial charge in [-0.25, -0.2) is 4.79 Å². The van der Waals surface area contributed by atoms with E-state index in [1.165, 1.54) is 24.3 Å². The first-order chi connectivity index (χ1) is 39.4. The number of pyridine rings is 1. The van der Waals surface area contributed by atoms with Gasteiger partial charge in [0.1, 0.15) is 11.9 Å². The lowest BCUT2D eigenvalue weighted by Crippen LogP contribution is -2.75. The smallest absolute Gasteiger partial charge is 0.416 e. The standard InChI is InChI=1S/C32H12BF24.C23H17N2O4/c34-25(35,36)13-1-14(26(37,38)39)6-21(5-13)33(22-7-15(27(40,41)42)2-16(8-22)28(43,44)45,23-9-17(29(46,47)48)3-18(10-23)30(49,50)51)24-11-19(31(52,53)54)4-20(12-24)32(55,56)57;26-23(29-20-11-6-10-19(15-20)25(27)28)22-21-12-5-4-9-18(21)13-14-24(22)16-17-7-2-1-3-8-17/h1-12H;1-15H,16H2/q-1;+1. The third-order valence-electron chi connectivity index (χ3n) is 13.0. The van der Waals surface area contributed by atoms with Crippen LogP contribution in [0.2, 0.25) is 0 Å². The van der Waals surface area contributed by atoms with Crippen molar-refractivity contribution in [1.82, 2.24) is 0 Å². The first kappa shape index (κ1) is 64.8. The number of rotatable bonds is 9. The van der Waals surface area contributed by atoms with E-state index >= 15 is 0 Å². The Morgan fingerprint density at radius 2 is 0.733 bits per heavy atom. The van der Waals surface area contributed by atoms with Crippen LogP contribution in [-0.2, 0) is 56.0 Å². The maximum atomic E-state index is 14.2. The van der Waals surface area contributed by atoms with Crippen LogP contribution in [0.1, 0.15) is 60.6 Å². The predicted octanol–water partition coefficient (Wildman–Crippen LogP) is 15.5. The molecule has 6 nitrogen and oxygen atoms in total. The molecule has 0 aliphatic heterocycles. The zero-order chi connectivity index (χ0) is 64.1. The quantitative estimate of drug-likeness (QED) is 0.0275. The van der Waals surface area contributed by atoms with E-state index < -0.39 is 206 Å². The van der Waals surface area contributed by atoms with Gasteiger partial charge in [0, 0.05) is 17.7 Å². The van der Waals surface area contributed by atoms with Gasteiger partial charge in [-0.2, -0.15) is 132 Å². The summed E-state index contributed by atoms with van der Waals surface area (Å²) in [7, 11) is 0. The second kappa shape index (κ2) is 22.9. The molecule has 0 radical (unpaired) electrons. The Labute approximate surface area is 465 Å². The molecule has 1 heterocycles. The number of ether oxygens (including phenoxy) is 1. The highest BCUT2D eigenvalue weighted by molar-refractivity contribution is 7.20. The second-order valence-corrected chi connectivity index (χ2v) is 18.7. The number of alkyl halides is 24. The van der Waals surface area contributed by atoms with Crippen LogP contribution >= 0.6 is 0 Å². The normalized spacial score (nSPS) is 13.1. The Bertz CT molecular complexity index is 3410. The number of fused-ring (bicyclic) bond motifs is 1. The first-order valence-electron chi connectivity index (χ1n) is 23.7.